The van der Waals surface area contributed by atoms with Gasteiger partial charge in [0.25, 0.3) is 0 Å². The molecule has 6 nitrogen and oxygen atoms in total. The number of hydrogen-bond donors (Lipinski definition) is 0. The van der Waals surface area contributed by atoms with E-state index in [9.17, 15) is 0 Å². The fraction of sp³-hybridized carbons (Fsp3) is 0. The topological polar surface area (TPSA) is 61.2 Å². The zero-order chi connectivity index (χ0) is 41.2. The second kappa shape index (κ2) is 12.9. The van der Waals surface area contributed by atoms with Crippen LogP contribution < -0.4 is 0 Å². The molecule has 5 heterocycles. The Morgan fingerprint density at radius 2 is 0.873 bits per heavy atom. The number of rotatable bonds is 5. The van der Waals surface area contributed by atoms with Crippen molar-refractivity contribution in [3.05, 3.63) is 200 Å². The molecule has 0 aliphatic heterocycles. The highest BCUT2D eigenvalue weighted by molar-refractivity contribution is 6.26. The fourth-order valence-electron chi connectivity index (χ4n) is 10.1. The first-order chi connectivity index (χ1) is 31.2. The Morgan fingerprint density at radius 1 is 0.349 bits per heavy atom. The Balaban J connectivity index is 1.03. The molecule has 63 heavy (non-hydrogen) atoms. The van der Waals surface area contributed by atoms with Gasteiger partial charge in [0.05, 0.1) is 33.3 Å². The van der Waals surface area contributed by atoms with Crippen molar-refractivity contribution < 1.29 is 4.42 Å². The van der Waals surface area contributed by atoms with Gasteiger partial charge in [-0.3, -0.25) is 0 Å². The average molecular weight is 804 g/mol. The van der Waals surface area contributed by atoms with Crippen LogP contribution in [-0.4, -0.2) is 23.9 Å². The van der Waals surface area contributed by atoms with Crippen molar-refractivity contribution in [3.63, 3.8) is 0 Å². The van der Waals surface area contributed by atoms with Crippen LogP contribution in [0.15, 0.2) is 205 Å². The van der Waals surface area contributed by atoms with Crippen LogP contribution in [0.1, 0.15) is 0 Å². The number of benzene rings is 9. The number of fused-ring (bicyclic) bond motifs is 12. The van der Waals surface area contributed by atoms with Crippen LogP contribution in [0.25, 0.3) is 133 Å². The summed E-state index contributed by atoms with van der Waals surface area (Å²) in [7, 11) is 0. The van der Waals surface area contributed by atoms with Gasteiger partial charge in [-0.05, 0) is 53.6 Å². The lowest BCUT2D eigenvalue weighted by Crippen LogP contribution is -2.01. The van der Waals surface area contributed by atoms with E-state index in [1.54, 1.807) is 0 Å². The molecular weight excluding hydrogens is 771 g/mol. The smallest absolute Gasteiger partial charge is 0.164 e. The molecule has 14 aromatic rings. The highest BCUT2D eigenvalue weighted by atomic mass is 16.3. The molecule has 0 aliphatic carbocycles. The van der Waals surface area contributed by atoms with Gasteiger partial charge in [-0.25, -0.2) is 15.0 Å². The molecule has 14 rings (SSSR count). The molecule has 9 aromatic carbocycles. The fourth-order valence-corrected chi connectivity index (χ4v) is 10.1. The zero-order valence-electron chi connectivity index (χ0n) is 33.7. The van der Waals surface area contributed by atoms with Crippen LogP contribution in [0.2, 0.25) is 0 Å². The third-order valence-corrected chi connectivity index (χ3v) is 12.9. The molecule has 0 aliphatic rings. The van der Waals surface area contributed by atoms with Crippen LogP contribution in [0.5, 0.6) is 0 Å². The number of aromatic nitrogens is 5. The summed E-state index contributed by atoms with van der Waals surface area (Å²) in [5, 5.41) is 9.34. The Labute approximate surface area is 359 Å². The predicted octanol–water partition coefficient (Wildman–Crippen LogP) is 14.7. The molecule has 6 heteroatoms. The standard InChI is InChI=1S/C57H33N5O/c1-3-14-34(15-4-1)35-26-28-37(29-27-35)56-58-55(36-16-5-2-6-17-36)59-57(60-56)43-30-31-48(54-52(43)42-20-9-12-25-51(42)63-54)61-46-23-10-8-19-39(46)44-32-50-45(33-49(44)61)41-22-13-21-40-38-18-7-11-24-47(38)62(50)53(40)41/h1-33H. The second-order valence-electron chi connectivity index (χ2n) is 16.3. The van der Waals surface area contributed by atoms with Crippen LogP contribution in [-0.2, 0) is 0 Å². The molecule has 0 atom stereocenters. The maximum atomic E-state index is 6.98. The van der Waals surface area contributed by atoms with E-state index in [1.807, 2.05) is 48.5 Å². The monoisotopic (exact) mass is 803 g/mol. The van der Waals surface area contributed by atoms with Gasteiger partial charge < -0.3 is 13.4 Å². The van der Waals surface area contributed by atoms with Gasteiger partial charge in [0.15, 0.2) is 23.1 Å². The van der Waals surface area contributed by atoms with Crippen molar-refractivity contribution in [3.8, 4) is 51.0 Å². The molecule has 0 bridgehead atoms. The minimum Gasteiger partial charge on any atom is -0.454 e. The normalized spacial score (nSPS) is 12.1. The summed E-state index contributed by atoms with van der Waals surface area (Å²) in [6, 6.07) is 70.6. The molecule has 0 spiro atoms. The number of para-hydroxylation sites is 4. The van der Waals surface area contributed by atoms with Crippen molar-refractivity contribution >= 4 is 81.8 Å². The summed E-state index contributed by atoms with van der Waals surface area (Å²) < 4.78 is 11.8. The highest BCUT2D eigenvalue weighted by Crippen LogP contribution is 2.45. The van der Waals surface area contributed by atoms with Crippen molar-refractivity contribution in [1.82, 2.24) is 23.9 Å². The van der Waals surface area contributed by atoms with Crippen molar-refractivity contribution in [2.75, 3.05) is 0 Å². The third kappa shape index (κ3) is 4.91. The Kier molecular flexibility index (Phi) is 7.02. The quantitative estimate of drug-likeness (QED) is 0.174. The molecular formula is C57H33N5O. The lowest BCUT2D eigenvalue weighted by atomic mass is 10.0. The minimum absolute atomic E-state index is 0.580. The van der Waals surface area contributed by atoms with Crippen molar-refractivity contribution in [2.45, 2.75) is 0 Å². The van der Waals surface area contributed by atoms with E-state index in [0.29, 0.717) is 17.5 Å². The zero-order valence-corrected chi connectivity index (χ0v) is 33.7. The Hall–Kier alpha value is -8.61. The molecule has 0 saturated carbocycles. The van der Waals surface area contributed by atoms with E-state index < -0.39 is 0 Å². The van der Waals surface area contributed by atoms with Crippen molar-refractivity contribution in [2.24, 2.45) is 0 Å². The van der Waals surface area contributed by atoms with Gasteiger partial charge in [-0.15, -0.1) is 0 Å². The van der Waals surface area contributed by atoms with Gasteiger partial charge >= 0.3 is 0 Å². The van der Waals surface area contributed by atoms with Crippen LogP contribution in [0, 0.1) is 0 Å². The van der Waals surface area contributed by atoms with E-state index in [4.69, 9.17) is 19.4 Å². The molecule has 0 fully saturated rings. The average Bonchev–Trinajstić information content (AvgIpc) is 4.10. The molecule has 292 valence electrons. The van der Waals surface area contributed by atoms with Gasteiger partial charge in [0.1, 0.15) is 5.58 Å². The molecule has 0 amide bonds. The molecule has 0 saturated heterocycles. The van der Waals surface area contributed by atoms with Crippen molar-refractivity contribution in [1.29, 1.82) is 0 Å². The first kappa shape index (κ1) is 34.1. The first-order valence-electron chi connectivity index (χ1n) is 21.3. The van der Waals surface area contributed by atoms with E-state index in [0.717, 1.165) is 66.5 Å². The summed E-state index contributed by atoms with van der Waals surface area (Å²) >= 11 is 0. The van der Waals surface area contributed by atoms with E-state index in [1.165, 1.54) is 48.9 Å². The number of nitrogens with zero attached hydrogens (tertiary/aromatic N) is 5. The number of furan rings is 1. The Morgan fingerprint density at radius 3 is 1.63 bits per heavy atom. The van der Waals surface area contributed by atoms with Crippen LogP contribution in [0.4, 0.5) is 0 Å². The summed E-state index contributed by atoms with van der Waals surface area (Å²) in [5.74, 6) is 1.79. The largest absolute Gasteiger partial charge is 0.454 e. The predicted molar refractivity (Wildman–Crippen MR) is 258 cm³/mol. The second-order valence-corrected chi connectivity index (χ2v) is 16.3. The summed E-state index contributed by atoms with van der Waals surface area (Å²) in [6.45, 7) is 0. The SMILES string of the molecule is c1ccc(-c2ccc(-c3nc(-c4ccccc4)nc(-c4ccc(-n5c6ccccc6c6cc7c(cc65)c5cccc6c8ccccc8n7c65)c5oc6ccccc6c45)n3)cc2)cc1. The maximum Gasteiger partial charge on any atom is 0.164 e. The highest BCUT2D eigenvalue weighted by Gasteiger charge is 2.25. The van der Waals surface area contributed by atoms with E-state index in [-0.39, 0.29) is 0 Å². The lowest BCUT2D eigenvalue weighted by molar-refractivity contribution is 0.666. The van der Waals surface area contributed by atoms with Crippen LogP contribution >= 0.6 is 0 Å². The van der Waals surface area contributed by atoms with Gasteiger partial charge in [-0.1, -0.05) is 158 Å². The third-order valence-electron chi connectivity index (χ3n) is 12.9. The van der Waals surface area contributed by atoms with E-state index >= 15 is 0 Å². The van der Waals surface area contributed by atoms with Crippen LogP contribution in [0.3, 0.4) is 0 Å². The molecule has 5 aromatic heterocycles. The first-order valence-corrected chi connectivity index (χ1v) is 21.3. The lowest BCUT2D eigenvalue weighted by Gasteiger charge is -2.13. The van der Waals surface area contributed by atoms with Gasteiger partial charge in [-0.2, -0.15) is 0 Å². The van der Waals surface area contributed by atoms with Gasteiger partial charge in [0, 0.05) is 59.8 Å². The minimum atomic E-state index is 0.580. The summed E-state index contributed by atoms with van der Waals surface area (Å²) in [5.41, 5.74) is 13.4. The van der Waals surface area contributed by atoms with E-state index in [2.05, 4.69) is 161 Å². The number of hydrogen-bond acceptors (Lipinski definition) is 4. The Bertz CT molecular complexity index is 4130. The summed E-state index contributed by atoms with van der Waals surface area (Å²) in [4.78, 5) is 15.5. The van der Waals surface area contributed by atoms with Gasteiger partial charge in [0.2, 0.25) is 0 Å². The molecule has 0 N–H and O–H groups in total. The maximum absolute atomic E-state index is 6.98. The molecule has 0 unspecified atom stereocenters. The molecule has 0 radical (unpaired) electrons. The summed E-state index contributed by atoms with van der Waals surface area (Å²) in [6.07, 6.45) is 0.